The van der Waals surface area contributed by atoms with Gasteiger partial charge < -0.3 is 9.80 Å². The molecule has 1 unspecified atom stereocenters. The van der Waals surface area contributed by atoms with E-state index in [1.807, 2.05) is 59.5 Å². The Kier molecular flexibility index (Phi) is 6.28. The number of rotatable bonds is 7. The molecule has 0 saturated heterocycles. The van der Waals surface area contributed by atoms with Crippen molar-refractivity contribution in [1.29, 1.82) is 0 Å². The van der Waals surface area contributed by atoms with Gasteiger partial charge in [0, 0.05) is 18.8 Å². The smallest absolute Gasteiger partial charge is 0.240 e. The number of hydrogen-bond acceptors (Lipinski definition) is 2. The van der Waals surface area contributed by atoms with E-state index in [1.54, 1.807) is 4.90 Å². The highest BCUT2D eigenvalue weighted by atomic mass is 16.2. The van der Waals surface area contributed by atoms with E-state index in [2.05, 4.69) is 13.8 Å². The molecule has 1 heterocycles. The second kappa shape index (κ2) is 8.85. The molecule has 0 fully saturated rings. The van der Waals surface area contributed by atoms with Crippen molar-refractivity contribution in [2.45, 2.75) is 39.7 Å². The van der Waals surface area contributed by atoms with Crippen molar-refractivity contribution in [2.75, 3.05) is 18.0 Å². The lowest BCUT2D eigenvalue weighted by Gasteiger charge is -2.36. The third-order valence-corrected chi connectivity index (χ3v) is 5.05. The Morgan fingerprint density at radius 2 is 1.63 bits per heavy atom. The van der Waals surface area contributed by atoms with Crippen LogP contribution in [0.4, 0.5) is 5.69 Å². The van der Waals surface area contributed by atoms with Gasteiger partial charge in [0.1, 0.15) is 5.92 Å². The zero-order chi connectivity index (χ0) is 19.2. The van der Waals surface area contributed by atoms with Crippen molar-refractivity contribution >= 4 is 17.5 Å². The van der Waals surface area contributed by atoms with Gasteiger partial charge in [0.05, 0.1) is 6.54 Å². The van der Waals surface area contributed by atoms with Crippen LogP contribution in [0, 0.1) is 5.92 Å². The van der Waals surface area contributed by atoms with Gasteiger partial charge in [-0.3, -0.25) is 9.59 Å². The average molecular weight is 364 g/mol. The fourth-order valence-corrected chi connectivity index (χ4v) is 3.78. The van der Waals surface area contributed by atoms with E-state index < -0.39 is 5.92 Å². The second-order valence-corrected chi connectivity index (χ2v) is 7.12. The monoisotopic (exact) mass is 364 g/mol. The molecule has 3 rings (SSSR count). The summed E-state index contributed by atoms with van der Waals surface area (Å²) in [5.74, 6) is -0.738. The first-order valence-electron chi connectivity index (χ1n) is 9.87. The maximum atomic E-state index is 13.3. The summed E-state index contributed by atoms with van der Waals surface area (Å²) in [6, 6.07) is 17.9. The summed E-state index contributed by atoms with van der Waals surface area (Å²) in [7, 11) is 0. The highest BCUT2D eigenvalue weighted by Crippen LogP contribution is 2.32. The second-order valence-electron chi connectivity index (χ2n) is 7.12. The zero-order valence-electron chi connectivity index (χ0n) is 16.2. The molecule has 4 heteroatoms. The lowest BCUT2D eigenvalue weighted by molar-refractivity contribution is -0.141. The minimum absolute atomic E-state index is 0.0312. The van der Waals surface area contributed by atoms with E-state index in [0.29, 0.717) is 26.1 Å². The summed E-state index contributed by atoms with van der Waals surface area (Å²) in [4.78, 5) is 30.1. The third kappa shape index (κ3) is 4.21. The summed E-state index contributed by atoms with van der Waals surface area (Å²) in [6.45, 7) is 6.03. The van der Waals surface area contributed by atoms with E-state index in [-0.39, 0.29) is 11.8 Å². The third-order valence-electron chi connectivity index (χ3n) is 5.05. The lowest BCUT2D eigenvalue weighted by Crippen LogP contribution is -2.49. The van der Waals surface area contributed by atoms with Crippen molar-refractivity contribution in [2.24, 2.45) is 5.92 Å². The Hall–Kier alpha value is -2.62. The molecule has 2 aromatic carbocycles. The molecule has 0 N–H and O–H groups in total. The van der Waals surface area contributed by atoms with Crippen LogP contribution in [-0.2, 0) is 22.6 Å². The van der Waals surface area contributed by atoms with Gasteiger partial charge in [0.25, 0.3) is 0 Å². The predicted octanol–water partition coefficient (Wildman–Crippen LogP) is 4.04. The largest absolute Gasteiger partial charge is 0.342 e. The van der Waals surface area contributed by atoms with Gasteiger partial charge in [-0.05, 0) is 36.5 Å². The molecule has 142 valence electrons. The summed E-state index contributed by atoms with van der Waals surface area (Å²) in [5, 5.41) is 0. The van der Waals surface area contributed by atoms with Crippen molar-refractivity contribution in [1.82, 2.24) is 4.90 Å². The molecule has 0 aromatic heterocycles. The van der Waals surface area contributed by atoms with E-state index in [9.17, 15) is 9.59 Å². The van der Waals surface area contributed by atoms with Gasteiger partial charge in [-0.25, -0.2) is 0 Å². The van der Waals surface area contributed by atoms with Crippen LogP contribution in [0.5, 0.6) is 0 Å². The summed E-state index contributed by atoms with van der Waals surface area (Å²) in [5.41, 5.74) is 3.06. The molecule has 0 bridgehead atoms. The number of carbonyl (C=O) groups is 2. The Morgan fingerprint density at radius 3 is 2.30 bits per heavy atom. The van der Waals surface area contributed by atoms with Crippen LogP contribution < -0.4 is 4.90 Å². The molecule has 0 spiro atoms. The molecule has 2 aromatic rings. The van der Waals surface area contributed by atoms with Crippen LogP contribution in [0.1, 0.15) is 37.8 Å². The summed E-state index contributed by atoms with van der Waals surface area (Å²) in [6.07, 6.45) is 2.29. The molecule has 0 saturated carbocycles. The SMILES string of the molecule is CCCN(CCC)C(=O)C1Cc2ccccc2N(Cc2ccccc2)C1=O. The van der Waals surface area contributed by atoms with Crippen LogP contribution in [0.15, 0.2) is 54.6 Å². The number of amides is 2. The first-order chi connectivity index (χ1) is 13.2. The highest BCUT2D eigenvalue weighted by Gasteiger charge is 2.38. The molecule has 2 amide bonds. The first-order valence-corrected chi connectivity index (χ1v) is 9.87. The van der Waals surface area contributed by atoms with Crippen LogP contribution in [0.25, 0.3) is 0 Å². The van der Waals surface area contributed by atoms with Crippen LogP contribution in [0.3, 0.4) is 0 Å². The minimum Gasteiger partial charge on any atom is -0.342 e. The van der Waals surface area contributed by atoms with Gasteiger partial charge in [0.2, 0.25) is 11.8 Å². The number of carbonyl (C=O) groups excluding carboxylic acids is 2. The molecule has 27 heavy (non-hydrogen) atoms. The van der Waals surface area contributed by atoms with Crippen LogP contribution in [-0.4, -0.2) is 29.8 Å². The number of nitrogens with zero attached hydrogens (tertiary/aromatic N) is 2. The maximum Gasteiger partial charge on any atom is 0.240 e. The van der Waals surface area contributed by atoms with E-state index in [4.69, 9.17) is 0 Å². The Balaban J connectivity index is 1.91. The fourth-order valence-electron chi connectivity index (χ4n) is 3.78. The highest BCUT2D eigenvalue weighted by molar-refractivity contribution is 6.09. The lowest BCUT2D eigenvalue weighted by atomic mass is 9.90. The predicted molar refractivity (Wildman–Crippen MR) is 108 cm³/mol. The van der Waals surface area contributed by atoms with E-state index in [0.717, 1.165) is 29.7 Å². The Morgan fingerprint density at radius 1 is 1.00 bits per heavy atom. The normalized spacial score (nSPS) is 16.1. The van der Waals surface area contributed by atoms with E-state index in [1.165, 1.54) is 0 Å². The first kappa shape index (κ1) is 19.2. The topological polar surface area (TPSA) is 40.6 Å². The van der Waals surface area contributed by atoms with Crippen molar-refractivity contribution in [3.05, 3.63) is 65.7 Å². The van der Waals surface area contributed by atoms with Gasteiger partial charge in [-0.15, -0.1) is 0 Å². The molecule has 1 atom stereocenters. The van der Waals surface area contributed by atoms with Crippen molar-refractivity contribution in [3.63, 3.8) is 0 Å². The molecule has 0 aliphatic carbocycles. The summed E-state index contributed by atoms with van der Waals surface area (Å²) < 4.78 is 0. The number of anilines is 1. The quantitative estimate of drug-likeness (QED) is 0.696. The van der Waals surface area contributed by atoms with Gasteiger partial charge >= 0.3 is 0 Å². The molecular weight excluding hydrogens is 336 g/mol. The number of para-hydroxylation sites is 1. The van der Waals surface area contributed by atoms with Crippen molar-refractivity contribution in [3.8, 4) is 0 Å². The number of fused-ring (bicyclic) bond motifs is 1. The number of benzene rings is 2. The maximum absolute atomic E-state index is 13.3. The number of hydrogen-bond donors (Lipinski definition) is 0. The molecule has 1 aliphatic rings. The molecule has 4 nitrogen and oxygen atoms in total. The van der Waals surface area contributed by atoms with E-state index >= 15 is 0 Å². The van der Waals surface area contributed by atoms with Gasteiger partial charge in [-0.2, -0.15) is 0 Å². The Labute approximate surface area is 161 Å². The minimum atomic E-state index is -0.623. The van der Waals surface area contributed by atoms with Crippen molar-refractivity contribution < 1.29 is 9.59 Å². The molecule has 1 aliphatic heterocycles. The Bertz CT molecular complexity index is 782. The van der Waals surface area contributed by atoms with Crippen LogP contribution in [0.2, 0.25) is 0 Å². The zero-order valence-corrected chi connectivity index (χ0v) is 16.2. The standard InChI is InChI=1S/C23H28N2O2/c1-3-14-24(15-4-2)22(26)20-16-19-12-8-9-13-21(19)25(23(20)27)17-18-10-6-5-7-11-18/h5-13,20H,3-4,14-17H2,1-2H3. The van der Waals surface area contributed by atoms with Gasteiger partial charge in [-0.1, -0.05) is 62.4 Å². The van der Waals surface area contributed by atoms with Crippen LogP contribution >= 0.6 is 0 Å². The molecular formula is C23H28N2O2. The molecule has 0 radical (unpaired) electrons. The summed E-state index contributed by atoms with van der Waals surface area (Å²) >= 11 is 0. The fraction of sp³-hybridized carbons (Fsp3) is 0.391. The van der Waals surface area contributed by atoms with Gasteiger partial charge in [0.15, 0.2) is 0 Å². The average Bonchev–Trinajstić information content (AvgIpc) is 2.70.